The van der Waals surface area contributed by atoms with Crippen LogP contribution in [0.2, 0.25) is 0 Å². The van der Waals surface area contributed by atoms with Gasteiger partial charge >= 0.3 is 0 Å². The number of ether oxygens (including phenoxy) is 1. The number of nitrogens with one attached hydrogen (secondary N) is 1. The van der Waals surface area contributed by atoms with Crippen LogP contribution in [0.1, 0.15) is 15.9 Å². The second-order valence-electron chi connectivity index (χ2n) is 6.49. The Balaban J connectivity index is 1.61. The lowest BCUT2D eigenvalue weighted by molar-refractivity contribution is 0.0936. The Morgan fingerprint density at radius 2 is 1.85 bits per heavy atom. The molecular formula is C20H26N4O2. The maximum absolute atomic E-state index is 12.2. The van der Waals surface area contributed by atoms with Gasteiger partial charge in [0.25, 0.3) is 5.91 Å². The molecule has 0 aliphatic carbocycles. The van der Waals surface area contributed by atoms with E-state index >= 15 is 0 Å². The molecular weight excluding hydrogens is 328 g/mol. The van der Waals surface area contributed by atoms with Crippen LogP contribution in [0.4, 0.5) is 11.4 Å². The van der Waals surface area contributed by atoms with E-state index < -0.39 is 0 Å². The maximum Gasteiger partial charge on any atom is 0.253 e. The Bertz CT molecular complexity index is 742. The second-order valence-corrected chi connectivity index (χ2v) is 6.49. The molecule has 1 N–H and O–H groups in total. The van der Waals surface area contributed by atoms with Crippen molar-refractivity contribution in [1.82, 2.24) is 10.3 Å². The SMILES string of the molecule is COCCNC(=O)c1cncc(N2CCN(c3cccc(C)c3)CC2)c1. The Kier molecular flexibility index (Phi) is 6.07. The molecule has 26 heavy (non-hydrogen) atoms. The summed E-state index contributed by atoms with van der Waals surface area (Å²) in [6.07, 6.45) is 3.43. The van der Waals surface area contributed by atoms with Crippen LogP contribution in [0.5, 0.6) is 0 Å². The van der Waals surface area contributed by atoms with Crippen molar-refractivity contribution >= 4 is 17.3 Å². The predicted molar refractivity (Wildman–Crippen MR) is 104 cm³/mol. The van der Waals surface area contributed by atoms with Crippen molar-refractivity contribution in [2.45, 2.75) is 6.92 Å². The monoisotopic (exact) mass is 354 g/mol. The average Bonchev–Trinajstić information content (AvgIpc) is 2.68. The molecule has 0 radical (unpaired) electrons. The lowest BCUT2D eigenvalue weighted by Gasteiger charge is -2.37. The molecule has 1 amide bonds. The average molecular weight is 354 g/mol. The number of hydrogen-bond donors (Lipinski definition) is 1. The highest BCUT2D eigenvalue weighted by molar-refractivity contribution is 5.94. The van der Waals surface area contributed by atoms with Gasteiger partial charge in [0.1, 0.15) is 0 Å². The number of methoxy groups -OCH3 is 1. The summed E-state index contributed by atoms with van der Waals surface area (Å²) in [4.78, 5) is 21.1. The molecule has 2 heterocycles. The molecule has 1 aromatic heterocycles. The molecule has 1 aromatic carbocycles. The van der Waals surface area contributed by atoms with Crippen LogP contribution < -0.4 is 15.1 Å². The fraction of sp³-hybridized carbons (Fsp3) is 0.400. The standard InChI is InChI=1S/C20H26N4O2/c1-16-4-3-5-18(12-16)23-7-9-24(10-8-23)19-13-17(14-21-15-19)20(25)22-6-11-26-2/h3-5,12-15H,6-11H2,1-2H3,(H,22,25). The van der Waals surface area contributed by atoms with Crippen molar-refractivity contribution in [2.75, 3.05) is 56.2 Å². The van der Waals surface area contributed by atoms with Crippen LogP contribution in [-0.2, 0) is 4.74 Å². The third kappa shape index (κ3) is 4.52. The first-order chi connectivity index (χ1) is 12.7. The van der Waals surface area contributed by atoms with Crippen LogP contribution >= 0.6 is 0 Å². The lowest BCUT2D eigenvalue weighted by atomic mass is 10.1. The first kappa shape index (κ1) is 18.2. The van der Waals surface area contributed by atoms with Gasteiger partial charge in [-0.15, -0.1) is 0 Å². The first-order valence-corrected chi connectivity index (χ1v) is 8.96. The molecule has 0 atom stereocenters. The van der Waals surface area contributed by atoms with Gasteiger partial charge in [0.15, 0.2) is 0 Å². The zero-order valence-electron chi connectivity index (χ0n) is 15.4. The summed E-state index contributed by atoms with van der Waals surface area (Å²) in [5, 5.41) is 2.83. The van der Waals surface area contributed by atoms with Gasteiger partial charge in [0, 0.05) is 51.7 Å². The highest BCUT2D eigenvalue weighted by Gasteiger charge is 2.19. The van der Waals surface area contributed by atoms with Gasteiger partial charge in [-0.3, -0.25) is 9.78 Å². The maximum atomic E-state index is 12.2. The van der Waals surface area contributed by atoms with Crippen LogP contribution in [0.25, 0.3) is 0 Å². The van der Waals surface area contributed by atoms with E-state index in [1.807, 2.05) is 12.3 Å². The summed E-state index contributed by atoms with van der Waals surface area (Å²) in [7, 11) is 1.62. The number of anilines is 2. The van der Waals surface area contributed by atoms with E-state index in [4.69, 9.17) is 4.74 Å². The fourth-order valence-corrected chi connectivity index (χ4v) is 3.14. The van der Waals surface area contributed by atoms with E-state index in [1.54, 1.807) is 13.3 Å². The third-order valence-electron chi connectivity index (χ3n) is 4.59. The summed E-state index contributed by atoms with van der Waals surface area (Å²) in [5.41, 5.74) is 4.13. The topological polar surface area (TPSA) is 57.7 Å². The van der Waals surface area contributed by atoms with Crippen molar-refractivity contribution in [3.05, 3.63) is 53.9 Å². The highest BCUT2D eigenvalue weighted by atomic mass is 16.5. The van der Waals surface area contributed by atoms with Crippen LogP contribution in [0.15, 0.2) is 42.7 Å². The lowest BCUT2D eigenvalue weighted by Crippen LogP contribution is -2.46. The summed E-state index contributed by atoms with van der Waals surface area (Å²) < 4.78 is 4.96. The zero-order chi connectivity index (χ0) is 18.4. The quantitative estimate of drug-likeness (QED) is 0.805. The van der Waals surface area contributed by atoms with Crippen LogP contribution in [0, 0.1) is 6.92 Å². The Morgan fingerprint density at radius 1 is 1.12 bits per heavy atom. The fourth-order valence-electron chi connectivity index (χ4n) is 3.14. The Morgan fingerprint density at radius 3 is 2.54 bits per heavy atom. The highest BCUT2D eigenvalue weighted by Crippen LogP contribution is 2.21. The Hall–Kier alpha value is -2.60. The summed E-state index contributed by atoms with van der Waals surface area (Å²) in [5.74, 6) is -0.116. The van der Waals surface area contributed by atoms with E-state index in [0.717, 1.165) is 31.9 Å². The molecule has 1 aliphatic rings. The number of piperazine rings is 1. The van der Waals surface area contributed by atoms with E-state index in [1.165, 1.54) is 11.3 Å². The van der Waals surface area contributed by atoms with Gasteiger partial charge in [-0.1, -0.05) is 12.1 Å². The number of rotatable bonds is 6. The van der Waals surface area contributed by atoms with Crippen LogP contribution in [-0.4, -0.2) is 57.3 Å². The molecule has 6 nitrogen and oxygen atoms in total. The smallest absolute Gasteiger partial charge is 0.253 e. The van der Waals surface area contributed by atoms with Crippen molar-refractivity contribution in [3.63, 3.8) is 0 Å². The van der Waals surface area contributed by atoms with Gasteiger partial charge in [0.05, 0.1) is 24.1 Å². The summed E-state index contributed by atoms with van der Waals surface area (Å²) >= 11 is 0. The molecule has 138 valence electrons. The summed E-state index contributed by atoms with van der Waals surface area (Å²) in [6.45, 7) is 6.83. The summed E-state index contributed by atoms with van der Waals surface area (Å²) in [6, 6.07) is 10.5. The molecule has 0 unspecified atom stereocenters. The molecule has 1 saturated heterocycles. The van der Waals surface area contributed by atoms with Gasteiger partial charge in [-0.25, -0.2) is 0 Å². The number of carbonyl (C=O) groups excluding carboxylic acids is 1. The van der Waals surface area contributed by atoms with Crippen molar-refractivity contribution < 1.29 is 9.53 Å². The number of benzene rings is 1. The molecule has 0 saturated carbocycles. The number of carbonyl (C=O) groups is 1. The number of pyridine rings is 1. The van der Waals surface area contributed by atoms with Gasteiger partial charge < -0.3 is 19.9 Å². The first-order valence-electron chi connectivity index (χ1n) is 8.96. The van der Waals surface area contributed by atoms with Gasteiger partial charge in [-0.05, 0) is 30.7 Å². The minimum atomic E-state index is -0.116. The molecule has 3 rings (SSSR count). The molecule has 2 aromatic rings. The molecule has 6 heteroatoms. The van der Waals surface area contributed by atoms with E-state index in [9.17, 15) is 4.79 Å². The van der Waals surface area contributed by atoms with Crippen molar-refractivity contribution in [3.8, 4) is 0 Å². The normalized spacial score (nSPS) is 14.4. The van der Waals surface area contributed by atoms with Crippen molar-refractivity contribution in [2.24, 2.45) is 0 Å². The van der Waals surface area contributed by atoms with Crippen molar-refractivity contribution in [1.29, 1.82) is 0 Å². The number of aryl methyl sites for hydroxylation is 1. The number of amides is 1. The molecule has 0 bridgehead atoms. The minimum absolute atomic E-state index is 0.116. The third-order valence-corrected chi connectivity index (χ3v) is 4.59. The molecule has 0 spiro atoms. The Labute approximate surface area is 154 Å². The molecule has 1 fully saturated rings. The largest absolute Gasteiger partial charge is 0.383 e. The predicted octanol–water partition coefficient (Wildman–Crippen LogP) is 2.09. The van der Waals surface area contributed by atoms with E-state index in [2.05, 4.69) is 51.3 Å². The van der Waals surface area contributed by atoms with E-state index in [0.29, 0.717) is 18.7 Å². The number of hydrogen-bond acceptors (Lipinski definition) is 5. The minimum Gasteiger partial charge on any atom is -0.383 e. The molecule has 1 aliphatic heterocycles. The van der Waals surface area contributed by atoms with Gasteiger partial charge in [0.2, 0.25) is 0 Å². The van der Waals surface area contributed by atoms with E-state index in [-0.39, 0.29) is 5.91 Å². The zero-order valence-corrected chi connectivity index (χ0v) is 15.4. The number of aromatic nitrogens is 1. The van der Waals surface area contributed by atoms with Crippen LogP contribution in [0.3, 0.4) is 0 Å². The van der Waals surface area contributed by atoms with Gasteiger partial charge in [-0.2, -0.15) is 0 Å². The number of nitrogens with zero attached hydrogens (tertiary/aromatic N) is 3. The second kappa shape index (κ2) is 8.67.